The molecule has 1 N–H and O–H groups in total. The van der Waals surface area contributed by atoms with E-state index in [1.165, 1.54) is 11.3 Å². The number of amides is 1. The summed E-state index contributed by atoms with van der Waals surface area (Å²) in [6.07, 6.45) is 5.86. The Balaban J connectivity index is 1.53. The van der Waals surface area contributed by atoms with Crippen LogP contribution in [0.5, 0.6) is 0 Å². The monoisotopic (exact) mass is 368 g/mol. The molecule has 1 atom stereocenters. The van der Waals surface area contributed by atoms with Crippen LogP contribution in [0.4, 0.5) is 5.13 Å². The van der Waals surface area contributed by atoms with Crippen LogP contribution in [-0.2, 0) is 9.53 Å². The molecule has 0 spiro atoms. The Morgan fingerprint density at radius 2 is 2.19 bits per heavy atom. The lowest BCUT2D eigenvalue weighted by atomic mass is 9.76. The predicted octanol–water partition coefficient (Wildman–Crippen LogP) is 3.75. The summed E-state index contributed by atoms with van der Waals surface area (Å²) in [5.41, 5.74) is 1.75. The maximum atomic E-state index is 12.7. The average molecular weight is 368 g/mol. The molecule has 3 heterocycles. The van der Waals surface area contributed by atoms with E-state index < -0.39 is 0 Å². The second-order valence-electron chi connectivity index (χ2n) is 7.20. The molecular formula is C19H20N4O2S. The van der Waals surface area contributed by atoms with Gasteiger partial charge >= 0.3 is 0 Å². The zero-order valence-electron chi connectivity index (χ0n) is 14.7. The number of benzene rings is 1. The third kappa shape index (κ3) is 3.32. The minimum atomic E-state index is -0.166. The summed E-state index contributed by atoms with van der Waals surface area (Å²) >= 11 is 1.47. The van der Waals surface area contributed by atoms with Gasteiger partial charge in [-0.3, -0.25) is 4.79 Å². The number of aromatic nitrogens is 3. The number of hydrogen-bond acceptors (Lipinski definition) is 6. The quantitative estimate of drug-likeness (QED) is 0.762. The number of carbonyl (C=O) groups excluding carboxylic acids is 1. The first kappa shape index (κ1) is 17.1. The Kier molecular flexibility index (Phi) is 4.42. The van der Waals surface area contributed by atoms with Gasteiger partial charge in [0.2, 0.25) is 5.91 Å². The average Bonchev–Trinajstić information content (AvgIpc) is 3.09. The summed E-state index contributed by atoms with van der Waals surface area (Å²) < 4.78 is 5.51. The Morgan fingerprint density at radius 1 is 1.31 bits per heavy atom. The molecular weight excluding hydrogens is 348 g/mol. The van der Waals surface area contributed by atoms with Gasteiger partial charge in [-0.25, -0.2) is 15.0 Å². The lowest BCUT2D eigenvalue weighted by molar-refractivity contribution is -0.130. The molecule has 1 amide bonds. The van der Waals surface area contributed by atoms with Crippen LogP contribution < -0.4 is 5.32 Å². The van der Waals surface area contributed by atoms with Crippen LogP contribution in [0, 0.1) is 11.3 Å². The maximum Gasteiger partial charge on any atom is 0.229 e. The van der Waals surface area contributed by atoms with Crippen molar-refractivity contribution in [2.75, 3.05) is 18.5 Å². The van der Waals surface area contributed by atoms with Crippen molar-refractivity contribution in [1.82, 2.24) is 15.0 Å². The van der Waals surface area contributed by atoms with E-state index in [0.29, 0.717) is 18.3 Å². The van der Waals surface area contributed by atoms with Gasteiger partial charge in [0.25, 0.3) is 0 Å². The standard InChI is InChI=1S/C19H20N4O2S/c1-19(2)10-25-6-5-14(19)17(24)23-18-21-9-16(26-18)12-3-4-13-8-20-11-22-15(13)7-12/h3-4,7-9,11,14H,5-6,10H2,1-2H3,(H,21,23,24). The number of carbonyl (C=O) groups is 1. The third-order valence-corrected chi connectivity index (χ3v) is 5.77. The van der Waals surface area contributed by atoms with Gasteiger partial charge in [-0.05, 0) is 23.5 Å². The van der Waals surface area contributed by atoms with Crippen molar-refractivity contribution in [3.05, 3.63) is 36.9 Å². The van der Waals surface area contributed by atoms with Crippen LogP contribution in [0.25, 0.3) is 21.3 Å². The summed E-state index contributed by atoms with van der Waals surface area (Å²) in [4.78, 5) is 26.4. The number of ether oxygens (including phenoxy) is 1. The van der Waals surface area contributed by atoms with Gasteiger partial charge in [-0.15, -0.1) is 0 Å². The molecule has 7 heteroatoms. The fourth-order valence-corrected chi connectivity index (χ4v) is 4.11. The number of rotatable bonds is 3. The molecule has 134 valence electrons. The van der Waals surface area contributed by atoms with Gasteiger partial charge in [-0.2, -0.15) is 0 Å². The first-order chi connectivity index (χ1) is 12.5. The van der Waals surface area contributed by atoms with Gasteiger partial charge in [0, 0.05) is 30.3 Å². The zero-order chi connectivity index (χ0) is 18.1. The van der Waals surface area contributed by atoms with Crippen LogP contribution in [0.1, 0.15) is 20.3 Å². The van der Waals surface area contributed by atoms with E-state index in [0.717, 1.165) is 27.8 Å². The van der Waals surface area contributed by atoms with Crippen molar-refractivity contribution in [3.63, 3.8) is 0 Å². The Morgan fingerprint density at radius 3 is 3.04 bits per heavy atom. The number of hydrogen-bond donors (Lipinski definition) is 1. The first-order valence-corrected chi connectivity index (χ1v) is 9.39. The van der Waals surface area contributed by atoms with Crippen molar-refractivity contribution >= 4 is 33.3 Å². The van der Waals surface area contributed by atoms with E-state index in [-0.39, 0.29) is 17.2 Å². The van der Waals surface area contributed by atoms with Crippen molar-refractivity contribution in [2.45, 2.75) is 20.3 Å². The van der Waals surface area contributed by atoms with Crippen LogP contribution in [0.3, 0.4) is 0 Å². The summed E-state index contributed by atoms with van der Waals surface area (Å²) in [7, 11) is 0. The fourth-order valence-electron chi connectivity index (χ4n) is 3.30. The second kappa shape index (κ2) is 6.74. The SMILES string of the molecule is CC1(C)COCCC1C(=O)Nc1ncc(-c2ccc3cncnc3c2)s1. The van der Waals surface area contributed by atoms with Crippen LogP contribution in [0.15, 0.2) is 36.9 Å². The largest absolute Gasteiger partial charge is 0.381 e. The molecule has 3 aromatic rings. The normalized spacial score (nSPS) is 19.4. The van der Waals surface area contributed by atoms with Crippen molar-refractivity contribution in [3.8, 4) is 10.4 Å². The van der Waals surface area contributed by atoms with Crippen LogP contribution in [-0.4, -0.2) is 34.1 Å². The lowest BCUT2D eigenvalue weighted by Crippen LogP contribution is -2.42. The van der Waals surface area contributed by atoms with Crippen LogP contribution in [0.2, 0.25) is 0 Å². The highest BCUT2D eigenvalue weighted by molar-refractivity contribution is 7.19. The topological polar surface area (TPSA) is 77.0 Å². The number of nitrogens with one attached hydrogen (secondary N) is 1. The molecule has 1 fully saturated rings. The highest BCUT2D eigenvalue weighted by atomic mass is 32.1. The molecule has 0 aliphatic carbocycles. The molecule has 1 aliphatic heterocycles. The zero-order valence-corrected chi connectivity index (χ0v) is 15.5. The summed E-state index contributed by atoms with van der Waals surface area (Å²) in [5, 5.41) is 4.60. The van der Waals surface area contributed by atoms with Crippen molar-refractivity contribution in [1.29, 1.82) is 0 Å². The van der Waals surface area contributed by atoms with E-state index >= 15 is 0 Å². The summed E-state index contributed by atoms with van der Waals surface area (Å²) in [5.74, 6) is -0.0496. The highest BCUT2D eigenvalue weighted by Gasteiger charge is 2.38. The maximum absolute atomic E-state index is 12.7. The minimum absolute atomic E-state index is 0.0189. The second-order valence-corrected chi connectivity index (χ2v) is 8.23. The predicted molar refractivity (Wildman–Crippen MR) is 102 cm³/mol. The fraction of sp³-hybridized carbons (Fsp3) is 0.368. The Bertz CT molecular complexity index is 953. The molecule has 1 saturated heterocycles. The van der Waals surface area contributed by atoms with Gasteiger partial charge in [0.05, 0.1) is 17.0 Å². The smallest absolute Gasteiger partial charge is 0.229 e. The van der Waals surface area contributed by atoms with E-state index in [1.54, 1.807) is 18.7 Å². The number of nitrogens with zero attached hydrogens (tertiary/aromatic N) is 3. The summed E-state index contributed by atoms with van der Waals surface area (Å²) in [6, 6.07) is 6.03. The molecule has 2 aromatic heterocycles. The van der Waals surface area contributed by atoms with E-state index in [9.17, 15) is 4.79 Å². The van der Waals surface area contributed by atoms with Gasteiger partial charge in [0.1, 0.15) is 6.33 Å². The highest BCUT2D eigenvalue weighted by Crippen LogP contribution is 2.36. The van der Waals surface area contributed by atoms with Crippen molar-refractivity contribution < 1.29 is 9.53 Å². The third-order valence-electron chi connectivity index (χ3n) is 4.81. The molecule has 1 aliphatic rings. The van der Waals surface area contributed by atoms with E-state index in [4.69, 9.17) is 4.74 Å². The summed E-state index contributed by atoms with van der Waals surface area (Å²) in [6.45, 7) is 5.37. The van der Waals surface area contributed by atoms with Gasteiger partial charge in [0.15, 0.2) is 5.13 Å². The number of anilines is 1. The molecule has 1 unspecified atom stereocenters. The van der Waals surface area contributed by atoms with E-state index in [2.05, 4.69) is 34.1 Å². The number of thiazole rings is 1. The molecule has 1 aromatic carbocycles. The number of fused-ring (bicyclic) bond motifs is 1. The molecule has 26 heavy (non-hydrogen) atoms. The minimum Gasteiger partial charge on any atom is -0.381 e. The van der Waals surface area contributed by atoms with E-state index in [1.807, 2.05) is 18.2 Å². The first-order valence-electron chi connectivity index (χ1n) is 8.57. The van der Waals surface area contributed by atoms with Gasteiger partial charge in [-0.1, -0.05) is 37.3 Å². The molecule has 6 nitrogen and oxygen atoms in total. The Hall–Kier alpha value is -2.38. The van der Waals surface area contributed by atoms with Gasteiger partial charge < -0.3 is 10.1 Å². The molecule has 0 bridgehead atoms. The molecule has 0 radical (unpaired) electrons. The van der Waals surface area contributed by atoms with Crippen molar-refractivity contribution in [2.24, 2.45) is 11.3 Å². The lowest BCUT2D eigenvalue weighted by Gasteiger charge is -2.36. The van der Waals surface area contributed by atoms with Crippen LogP contribution >= 0.6 is 11.3 Å². The molecule has 4 rings (SSSR count). The molecule has 0 saturated carbocycles. The Labute approximate surface area is 155 Å².